The van der Waals surface area contributed by atoms with Crippen molar-refractivity contribution >= 4 is 0 Å². The van der Waals surface area contributed by atoms with Crippen LogP contribution in [0.1, 0.15) is 40.2 Å². The smallest absolute Gasteiger partial charge is 0.0697 e. The Hall–Kier alpha value is -1.34. The molecular formula is C13H22N4. The Kier molecular flexibility index (Phi) is 3.94. The first-order chi connectivity index (χ1) is 7.74. The summed E-state index contributed by atoms with van der Waals surface area (Å²) < 4.78 is 1.96. The Morgan fingerprint density at radius 3 is 2.47 bits per heavy atom. The van der Waals surface area contributed by atoms with Gasteiger partial charge in [0.1, 0.15) is 0 Å². The van der Waals surface area contributed by atoms with Crippen molar-refractivity contribution in [1.82, 2.24) is 15.1 Å². The Balaban J connectivity index is 2.49. The van der Waals surface area contributed by atoms with Crippen molar-refractivity contribution in [2.45, 2.75) is 46.7 Å². The average molecular weight is 234 g/mol. The van der Waals surface area contributed by atoms with Gasteiger partial charge in [0.05, 0.1) is 23.2 Å². The molecule has 0 unspecified atom stereocenters. The third kappa shape index (κ3) is 4.20. The molecule has 4 nitrogen and oxygen atoms in total. The molecule has 1 rings (SSSR count). The maximum absolute atomic E-state index is 8.90. The molecule has 0 spiro atoms. The molecule has 1 N–H and O–H groups in total. The summed E-state index contributed by atoms with van der Waals surface area (Å²) in [5.41, 5.74) is 0.846. The van der Waals surface area contributed by atoms with Gasteiger partial charge in [-0.2, -0.15) is 10.4 Å². The van der Waals surface area contributed by atoms with Crippen molar-refractivity contribution in [3.05, 3.63) is 18.0 Å². The van der Waals surface area contributed by atoms with Gasteiger partial charge in [0, 0.05) is 24.8 Å². The number of hydrogen-bond donors (Lipinski definition) is 1. The number of aromatic nitrogens is 2. The van der Waals surface area contributed by atoms with Crippen molar-refractivity contribution in [2.75, 3.05) is 6.54 Å². The predicted octanol–water partition coefficient (Wildman–Crippen LogP) is 2.28. The van der Waals surface area contributed by atoms with Crippen LogP contribution in [0, 0.1) is 16.7 Å². The number of nitrogens with zero attached hydrogens (tertiary/aromatic N) is 3. The van der Waals surface area contributed by atoms with Crippen LogP contribution in [0.5, 0.6) is 0 Å². The molecule has 17 heavy (non-hydrogen) atoms. The fourth-order valence-corrected chi connectivity index (χ4v) is 1.38. The molecule has 0 saturated carbocycles. The zero-order valence-electron chi connectivity index (χ0n) is 11.4. The first-order valence-electron chi connectivity index (χ1n) is 5.91. The van der Waals surface area contributed by atoms with Gasteiger partial charge in [-0.15, -0.1) is 0 Å². The summed E-state index contributed by atoms with van der Waals surface area (Å²) in [7, 11) is 0. The van der Waals surface area contributed by atoms with E-state index < -0.39 is 0 Å². The predicted molar refractivity (Wildman–Crippen MR) is 68.3 cm³/mol. The topological polar surface area (TPSA) is 53.6 Å². The second-order valence-electron chi connectivity index (χ2n) is 6.06. The molecule has 0 aliphatic heterocycles. The van der Waals surface area contributed by atoms with Crippen LogP contribution in [-0.4, -0.2) is 16.3 Å². The van der Waals surface area contributed by atoms with E-state index in [0.717, 1.165) is 12.1 Å². The molecule has 0 radical (unpaired) electrons. The van der Waals surface area contributed by atoms with Crippen LogP contribution < -0.4 is 5.32 Å². The molecule has 0 fully saturated rings. The van der Waals surface area contributed by atoms with Gasteiger partial charge in [-0.25, -0.2) is 0 Å². The van der Waals surface area contributed by atoms with Gasteiger partial charge in [0.2, 0.25) is 0 Å². The second kappa shape index (κ2) is 4.89. The minimum absolute atomic E-state index is 0.0180. The van der Waals surface area contributed by atoms with Crippen LogP contribution in [0.15, 0.2) is 12.4 Å². The zero-order valence-corrected chi connectivity index (χ0v) is 11.4. The summed E-state index contributed by atoms with van der Waals surface area (Å²) in [6, 6.07) is 2.27. The Morgan fingerprint density at radius 1 is 1.35 bits per heavy atom. The van der Waals surface area contributed by atoms with Gasteiger partial charge in [-0.1, -0.05) is 0 Å². The van der Waals surface area contributed by atoms with Gasteiger partial charge in [0.25, 0.3) is 0 Å². The molecule has 0 aliphatic carbocycles. The highest BCUT2D eigenvalue weighted by atomic mass is 15.3. The normalized spacial score (nSPS) is 12.5. The van der Waals surface area contributed by atoms with Crippen LogP contribution in [0.2, 0.25) is 0 Å². The number of nitriles is 1. The minimum atomic E-state index is -0.319. The molecule has 1 aromatic heterocycles. The summed E-state index contributed by atoms with van der Waals surface area (Å²) in [5.74, 6) is 0. The van der Waals surface area contributed by atoms with E-state index in [2.05, 4.69) is 37.3 Å². The van der Waals surface area contributed by atoms with E-state index in [1.54, 1.807) is 0 Å². The molecule has 1 aromatic rings. The molecule has 4 heteroatoms. The average Bonchev–Trinajstić information content (AvgIpc) is 2.66. The Bertz CT molecular complexity index is 404. The SMILES string of the molecule is CC(C)(C#N)CNCc1cnn(C(C)(C)C)c1. The van der Waals surface area contributed by atoms with Gasteiger partial charge in [0.15, 0.2) is 0 Å². The van der Waals surface area contributed by atoms with Crippen LogP contribution >= 0.6 is 0 Å². The van der Waals surface area contributed by atoms with Gasteiger partial charge in [-0.05, 0) is 34.6 Å². The Morgan fingerprint density at radius 2 is 2.00 bits per heavy atom. The maximum atomic E-state index is 8.90. The zero-order chi connectivity index (χ0) is 13.1. The number of hydrogen-bond acceptors (Lipinski definition) is 3. The summed E-state index contributed by atoms with van der Waals surface area (Å²) in [4.78, 5) is 0. The van der Waals surface area contributed by atoms with Gasteiger partial charge < -0.3 is 5.32 Å². The molecule has 94 valence electrons. The summed E-state index contributed by atoms with van der Waals surface area (Å²) in [5, 5.41) is 16.5. The molecule has 1 heterocycles. The van der Waals surface area contributed by atoms with Crippen molar-refractivity contribution < 1.29 is 0 Å². The number of nitrogens with one attached hydrogen (secondary N) is 1. The lowest BCUT2D eigenvalue weighted by atomic mass is 9.96. The third-order valence-corrected chi connectivity index (χ3v) is 2.52. The summed E-state index contributed by atoms with van der Waals surface area (Å²) in [6.07, 6.45) is 3.92. The monoisotopic (exact) mass is 234 g/mol. The molecular weight excluding hydrogens is 212 g/mol. The van der Waals surface area contributed by atoms with Crippen molar-refractivity contribution in [2.24, 2.45) is 5.41 Å². The fourth-order valence-electron chi connectivity index (χ4n) is 1.38. The summed E-state index contributed by atoms with van der Waals surface area (Å²) >= 11 is 0. The maximum Gasteiger partial charge on any atom is 0.0697 e. The molecule has 0 saturated heterocycles. The van der Waals surface area contributed by atoms with Crippen LogP contribution in [0.25, 0.3) is 0 Å². The largest absolute Gasteiger partial charge is 0.311 e. The molecule has 0 atom stereocenters. The van der Waals surface area contributed by atoms with Crippen molar-refractivity contribution in [1.29, 1.82) is 5.26 Å². The lowest BCUT2D eigenvalue weighted by Gasteiger charge is -2.18. The van der Waals surface area contributed by atoms with Crippen LogP contribution in [0.4, 0.5) is 0 Å². The standard InChI is InChI=1S/C13H22N4/c1-12(2,3)17-8-11(7-16-17)6-15-10-13(4,5)9-14/h7-8,15H,6,10H2,1-5H3. The van der Waals surface area contributed by atoms with E-state index in [9.17, 15) is 0 Å². The van der Waals surface area contributed by atoms with Gasteiger partial charge >= 0.3 is 0 Å². The lowest BCUT2D eigenvalue weighted by molar-refractivity contribution is 0.355. The van der Waals surface area contributed by atoms with E-state index >= 15 is 0 Å². The highest BCUT2D eigenvalue weighted by Gasteiger charge is 2.16. The first kappa shape index (κ1) is 13.7. The number of rotatable bonds is 4. The van der Waals surface area contributed by atoms with Gasteiger partial charge in [-0.3, -0.25) is 4.68 Å². The van der Waals surface area contributed by atoms with E-state index in [-0.39, 0.29) is 11.0 Å². The lowest BCUT2D eigenvalue weighted by Crippen LogP contribution is -2.27. The summed E-state index contributed by atoms with van der Waals surface area (Å²) in [6.45, 7) is 11.7. The quantitative estimate of drug-likeness (QED) is 0.869. The molecule has 0 aromatic carbocycles. The van der Waals surface area contributed by atoms with E-state index in [0.29, 0.717) is 6.54 Å². The van der Waals surface area contributed by atoms with Crippen molar-refractivity contribution in [3.63, 3.8) is 0 Å². The molecule has 0 aliphatic rings. The third-order valence-electron chi connectivity index (χ3n) is 2.52. The Labute approximate surface area is 104 Å². The second-order valence-corrected chi connectivity index (χ2v) is 6.06. The first-order valence-corrected chi connectivity index (χ1v) is 5.91. The fraction of sp³-hybridized carbons (Fsp3) is 0.692. The highest BCUT2D eigenvalue weighted by molar-refractivity contribution is 5.05. The highest BCUT2D eigenvalue weighted by Crippen LogP contribution is 2.14. The molecule has 0 bridgehead atoms. The van der Waals surface area contributed by atoms with E-state index in [4.69, 9.17) is 5.26 Å². The van der Waals surface area contributed by atoms with Crippen molar-refractivity contribution in [3.8, 4) is 6.07 Å². The van der Waals surface area contributed by atoms with E-state index in [1.807, 2.05) is 30.9 Å². The van der Waals surface area contributed by atoms with Crippen LogP contribution in [0.3, 0.4) is 0 Å². The van der Waals surface area contributed by atoms with E-state index in [1.165, 1.54) is 0 Å². The van der Waals surface area contributed by atoms with Crippen LogP contribution in [-0.2, 0) is 12.1 Å². The minimum Gasteiger partial charge on any atom is -0.311 e. The molecule has 0 amide bonds.